The van der Waals surface area contributed by atoms with Crippen LogP contribution in [0.2, 0.25) is 0 Å². The van der Waals surface area contributed by atoms with Crippen LogP contribution in [0.3, 0.4) is 0 Å². The lowest BCUT2D eigenvalue weighted by atomic mass is 10.0. The van der Waals surface area contributed by atoms with Crippen molar-refractivity contribution < 1.29 is 32.9 Å². The summed E-state index contributed by atoms with van der Waals surface area (Å²) in [5.41, 5.74) is 0. The second kappa shape index (κ2) is 51.3. The molecule has 0 spiro atoms. The van der Waals surface area contributed by atoms with Crippen molar-refractivity contribution in [1.29, 1.82) is 0 Å². The highest BCUT2D eigenvalue weighted by Crippen LogP contribution is 2.38. The Labute approximate surface area is 432 Å². The van der Waals surface area contributed by atoms with Gasteiger partial charge in [-0.15, -0.1) is 0 Å². The highest BCUT2D eigenvalue weighted by molar-refractivity contribution is 7.45. The van der Waals surface area contributed by atoms with E-state index in [1.165, 1.54) is 128 Å². The number of quaternary nitrogens is 1. The summed E-state index contributed by atoms with van der Waals surface area (Å²) < 4.78 is 23.1. The number of amides is 1. The van der Waals surface area contributed by atoms with E-state index in [0.29, 0.717) is 17.4 Å². The van der Waals surface area contributed by atoms with Crippen LogP contribution < -0.4 is 10.2 Å². The molecule has 0 aliphatic carbocycles. The normalized spacial score (nSPS) is 14.7. The third kappa shape index (κ3) is 53.2. The predicted octanol–water partition coefficient (Wildman–Crippen LogP) is 16.8. The van der Waals surface area contributed by atoms with Crippen LogP contribution in [0.1, 0.15) is 232 Å². The van der Waals surface area contributed by atoms with Gasteiger partial charge in [0.05, 0.1) is 39.9 Å². The maximum absolute atomic E-state index is 12.8. The maximum Gasteiger partial charge on any atom is 0.268 e. The van der Waals surface area contributed by atoms with Crippen molar-refractivity contribution in [3.05, 3.63) is 97.2 Å². The summed E-state index contributed by atoms with van der Waals surface area (Å²) in [6.45, 7) is 4.46. The number of likely N-dealkylation sites (N-methyl/N-ethyl adjacent to an activating group) is 1. The number of carbonyl (C=O) groups is 1. The number of rotatable bonds is 51. The van der Waals surface area contributed by atoms with Crippen molar-refractivity contribution in [2.45, 2.75) is 244 Å². The largest absolute Gasteiger partial charge is 0.756 e. The number of nitrogens with zero attached hydrogens (tertiary/aromatic N) is 1. The van der Waals surface area contributed by atoms with Gasteiger partial charge < -0.3 is 28.8 Å². The first-order chi connectivity index (χ1) is 34.0. The van der Waals surface area contributed by atoms with Gasteiger partial charge in [-0.1, -0.05) is 246 Å². The van der Waals surface area contributed by atoms with Gasteiger partial charge in [-0.05, 0) is 77.0 Å². The summed E-state index contributed by atoms with van der Waals surface area (Å²) in [5, 5.41) is 13.7. The van der Waals surface area contributed by atoms with Crippen LogP contribution in [0, 0.1) is 0 Å². The number of carbonyl (C=O) groups excluding carboxylic acids is 1. The Morgan fingerprint density at radius 2 is 0.871 bits per heavy atom. The van der Waals surface area contributed by atoms with Crippen LogP contribution in [-0.2, 0) is 18.4 Å². The van der Waals surface area contributed by atoms with Gasteiger partial charge in [-0.3, -0.25) is 9.36 Å². The van der Waals surface area contributed by atoms with Crippen molar-refractivity contribution >= 4 is 13.7 Å². The van der Waals surface area contributed by atoms with E-state index in [1.54, 1.807) is 6.08 Å². The molecule has 0 saturated heterocycles. The molecule has 3 atom stereocenters. The van der Waals surface area contributed by atoms with Crippen LogP contribution >= 0.6 is 7.82 Å². The van der Waals surface area contributed by atoms with Gasteiger partial charge >= 0.3 is 0 Å². The van der Waals surface area contributed by atoms with Crippen molar-refractivity contribution in [3.63, 3.8) is 0 Å². The Hall–Kier alpha value is -2.58. The fourth-order valence-corrected chi connectivity index (χ4v) is 8.56. The number of aliphatic hydroxyl groups is 1. The SMILES string of the molecule is CC/C=C\C/C=C\C/C=C\C/C=C\C/C=C\C/C=C\C/C=C\CCCCCCCCCCCCCCCCCCCCCC(=O)NC(COP(=O)([O-])OCC[N+](C)(C)C)C(O)/C=C/CCCCCCC. The Balaban J connectivity index is 3.82. The molecule has 0 heterocycles. The molecule has 0 rings (SSSR count). The number of hydrogen-bond acceptors (Lipinski definition) is 6. The number of phosphoric ester groups is 1. The molecule has 0 fully saturated rings. The second-order valence-corrected chi connectivity index (χ2v) is 21.7. The Morgan fingerprint density at radius 1 is 0.514 bits per heavy atom. The van der Waals surface area contributed by atoms with E-state index < -0.39 is 20.0 Å². The van der Waals surface area contributed by atoms with E-state index in [-0.39, 0.29) is 19.1 Å². The lowest BCUT2D eigenvalue weighted by Gasteiger charge is -2.29. The van der Waals surface area contributed by atoms with Crippen LogP contribution in [0.15, 0.2) is 97.2 Å². The van der Waals surface area contributed by atoms with Crippen molar-refractivity contribution in [2.75, 3.05) is 40.9 Å². The first kappa shape index (κ1) is 67.4. The average Bonchev–Trinajstić information content (AvgIpc) is 3.32. The molecule has 0 aromatic rings. The Bertz CT molecular complexity index is 1460. The molecular formula is C61H109N2O6P. The van der Waals surface area contributed by atoms with Gasteiger partial charge in [-0.2, -0.15) is 0 Å². The van der Waals surface area contributed by atoms with E-state index in [2.05, 4.69) is 104 Å². The number of aliphatic hydroxyl groups excluding tert-OH is 1. The highest BCUT2D eigenvalue weighted by atomic mass is 31.2. The van der Waals surface area contributed by atoms with E-state index >= 15 is 0 Å². The molecular weight excluding hydrogens is 888 g/mol. The molecule has 0 radical (unpaired) electrons. The molecule has 8 nitrogen and oxygen atoms in total. The molecule has 1 amide bonds. The zero-order valence-corrected chi connectivity index (χ0v) is 46.8. The molecule has 70 heavy (non-hydrogen) atoms. The highest BCUT2D eigenvalue weighted by Gasteiger charge is 2.23. The molecule has 9 heteroatoms. The third-order valence-corrected chi connectivity index (χ3v) is 13.3. The lowest BCUT2D eigenvalue weighted by Crippen LogP contribution is -2.45. The predicted molar refractivity (Wildman–Crippen MR) is 302 cm³/mol. The van der Waals surface area contributed by atoms with Gasteiger partial charge in [0.2, 0.25) is 5.91 Å². The quantitative estimate of drug-likeness (QED) is 0.0272. The Morgan fingerprint density at radius 3 is 1.27 bits per heavy atom. The summed E-state index contributed by atoms with van der Waals surface area (Å²) in [6.07, 6.45) is 73.9. The molecule has 0 saturated carbocycles. The minimum Gasteiger partial charge on any atom is -0.756 e. The van der Waals surface area contributed by atoms with Gasteiger partial charge in [-0.25, -0.2) is 0 Å². The van der Waals surface area contributed by atoms with Gasteiger partial charge in [0, 0.05) is 6.42 Å². The number of phosphoric acid groups is 1. The lowest BCUT2D eigenvalue weighted by molar-refractivity contribution is -0.870. The fourth-order valence-electron chi connectivity index (χ4n) is 7.84. The standard InChI is InChI=1S/C61H109N2O6P/c1-6-8-10-12-14-15-16-17-18-19-20-21-22-23-24-25-26-27-28-29-30-31-32-33-34-35-36-37-38-39-40-41-42-43-44-45-46-47-49-51-53-55-61(65)62-59(60(64)54-52-50-48-13-11-9-7-2)58-69-70(66,67)68-57-56-63(3,4)5/h8,10,14-15,17-18,20-21,23-24,26-27,29-30,52,54,59-60,64H,6-7,9,11-13,16,19,22,25,28,31-51,53,55-58H2,1-5H3,(H-,62,65,66,67)/b10-8-,15-14-,18-17-,21-20-,24-23-,27-26-,30-29-,54-52+. The first-order valence-corrected chi connectivity index (χ1v) is 30.1. The van der Waals surface area contributed by atoms with Crippen molar-refractivity contribution in [2.24, 2.45) is 0 Å². The van der Waals surface area contributed by atoms with Crippen LogP contribution in [-0.4, -0.2) is 68.5 Å². The number of nitrogens with one attached hydrogen (secondary N) is 1. The Kier molecular flexibility index (Phi) is 49.4. The third-order valence-electron chi connectivity index (χ3n) is 12.3. The van der Waals surface area contributed by atoms with Gasteiger partial charge in [0.1, 0.15) is 13.2 Å². The van der Waals surface area contributed by atoms with Gasteiger partial charge in [0.15, 0.2) is 0 Å². The van der Waals surface area contributed by atoms with Gasteiger partial charge in [0.25, 0.3) is 7.82 Å². The topological polar surface area (TPSA) is 108 Å². The summed E-state index contributed by atoms with van der Waals surface area (Å²) in [4.78, 5) is 25.3. The van der Waals surface area contributed by atoms with E-state index in [0.717, 1.165) is 83.5 Å². The zero-order chi connectivity index (χ0) is 51.3. The van der Waals surface area contributed by atoms with E-state index in [9.17, 15) is 19.4 Å². The van der Waals surface area contributed by atoms with Crippen LogP contribution in [0.25, 0.3) is 0 Å². The summed E-state index contributed by atoms with van der Waals surface area (Å²) in [5.74, 6) is -0.203. The second-order valence-electron chi connectivity index (χ2n) is 20.3. The number of hydrogen-bond donors (Lipinski definition) is 2. The minimum absolute atomic E-state index is 0.00324. The molecule has 0 bridgehead atoms. The van der Waals surface area contributed by atoms with Crippen LogP contribution in [0.5, 0.6) is 0 Å². The molecule has 0 aromatic heterocycles. The van der Waals surface area contributed by atoms with E-state index in [4.69, 9.17) is 9.05 Å². The fraction of sp³-hybridized carbons (Fsp3) is 0.721. The minimum atomic E-state index is -4.58. The van der Waals surface area contributed by atoms with Crippen molar-refractivity contribution in [3.8, 4) is 0 Å². The maximum atomic E-state index is 12.8. The monoisotopic (exact) mass is 997 g/mol. The number of unbranched alkanes of at least 4 members (excludes halogenated alkanes) is 24. The molecule has 404 valence electrons. The zero-order valence-electron chi connectivity index (χ0n) is 45.9. The summed E-state index contributed by atoms with van der Waals surface area (Å²) in [6, 6.07) is -0.886. The first-order valence-electron chi connectivity index (χ1n) is 28.6. The summed E-state index contributed by atoms with van der Waals surface area (Å²) in [7, 11) is 1.25. The number of allylic oxidation sites excluding steroid dienone is 15. The molecule has 0 aliphatic rings. The average molecular weight is 998 g/mol. The molecule has 3 unspecified atom stereocenters. The molecule has 2 N–H and O–H groups in total. The van der Waals surface area contributed by atoms with E-state index in [1.807, 2.05) is 27.2 Å². The summed E-state index contributed by atoms with van der Waals surface area (Å²) >= 11 is 0. The van der Waals surface area contributed by atoms with Crippen molar-refractivity contribution in [1.82, 2.24) is 5.32 Å². The van der Waals surface area contributed by atoms with Crippen LogP contribution in [0.4, 0.5) is 0 Å². The molecule has 0 aromatic carbocycles. The smallest absolute Gasteiger partial charge is 0.268 e. The molecule has 0 aliphatic heterocycles.